The first-order chi connectivity index (χ1) is 16.6. The van der Waals surface area contributed by atoms with E-state index in [2.05, 4.69) is 20.9 Å². The Balaban J connectivity index is 1.42. The number of hydrogen-bond donors (Lipinski definition) is 3. The number of aromatic nitrogens is 3. The second-order valence-electron chi connectivity index (χ2n) is 7.99. The minimum absolute atomic E-state index is 0.343. The average molecular weight is 464 g/mol. The highest BCUT2D eigenvalue weighted by molar-refractivity contribution is 6.06. The monoisotopic (exact) mass is 463 g/mol. The molecular weight excluding hydrogens is 434 g/mol. The summed E-state index contributed by atoms with van der Waals surface area (Å²) in [5.41, 5.74) is 9.97. The van der Waals surface area contributed by atoms with Gasteiger partial charge in [0, 0.05) is 32.0 Å². The molecule has 0 spiro atoms. The van der Waals surface area contributed by atoms with Crippen molar-refractivity contribution in [2.75, 3.05) is 32.6 Å². The molecule has 2 heterocycles. The van der Waals surface area contributed by atoms with Crippen LogP contribution in [0.2, 0.25) is 0 Å². The molecule has 0 saturated heterocycles. The predicted octanol–water partition coefficient (Wildman–Crippen LogP) is 3.00. The summed E-state index contributed by atoms with van der Waals surface area (Å²) in [7, 11) is 1.69. The number of methoxy groups -OCH3 is 1. The van der Waals surface area contributed by atoms with Crippen LogP contribution in [0.25, 0.3) is 21.9 Å². The highest BCUT2D eigenvalue weighted by atomic mass is 16.5. The number of carboxylic acid groups (broad SMARTS) is 1. The predicted molar refractivity (Wildman–Crippen MR) is 131 cm³/mol. The molecule has 9 heteroatoms. The molecule has 0 aliphatic carbocycles. The summed E-state index contributed by atoms with van der Waals surface area (Å²) in [5, 5.41) is 13.2. The maximum absolute atomic E-state index is 10.6. The van der Waals surface area contributed by atoms with Crippen molar-refractivity contribution >= 4 is 33.7 Å². The van der Waals surface area contributed by atoms with E-state index in [1.807, 2.05) is 30.3 Å². The van der Waals surface area contributed by atoms with Crippen LogP contribution in [0, 0.1) is 0 Å². The molecule has 0 saturated carbocycles. The molecule has 0 aliphatic heterocycles. The fourth-order valence-corrected chi connectivity index (χ4v) is 3.97. The summed E-state index contributed by atoms with van der Waals surface area (Å²) < 4.78 is 12.7. The number of hydrogen-bond acceptors (Lipinski definition) is 7. The molecule has 0 radical (unpaired) electrons. The summed E-state index contributed by atoms with van der Waals surface area (Å²) in [4.78, 5) is 19.9. The number of imidazole rings is 1. The van der Waals surface area contributed by atoms with E-state index in [0.29, 0.717) is 31.1 Å². The number of para-hydroxylation sites is 1. The molecule has 2 aromatic carbocycles. The molecule has 4 aromatic rings. The molecule has 0 atom stereocenters. The zero-order valence-electron chi connectivity index (χ0n) is 19.2. The van der Waals surface area contributed by atoms with Crippen LogP contribution in [0.4, 0.5) is 5.82 Å². The number of carboxylic acids is 1. The van der Waals surface area contributed by atoms with Gasteiger partial charge in [-0.05, 0) is 36.7 Å². The van der Waals surface area contributed by atoms with Gasteiger partial charge in [-0.15, -0.1) is 0 Å². The largest absolute Gasteiger partial charge is 0.482 e. The second-order valence-corrected chi connectivity index (χ2v) is 7.99. The van der Waals surface area contributed by atoms with Crippen LogP contribution >= 0.6 is 0 Å². The highest BCUT2D eigenvalue weighted by Crippen LogP contribution is 2.29. The van der Waals surface area contributed by atoms with Gasteiger partial charge in [0.05, 0.1) is 17.6 Å². The van der Waals surface area contributed by atoms with Crippen LogP contribution in [0.1, 0.15) is 17.8 Å². The first-order valence-corrected chi connectivity index (χ1v) is 11.2. The lowest BCUT2D eigenvalue weighted by Crippen LogP contribution is -2.17. The minimum atomic E-state index is -0.992. The Bertz CT molecular complexity index is 1270. The summed E-state index contributed by atoms with van der Waals surface area (Å²) in [6.45, 7) is 2.56. The van der Waals surface area contributed by atoms with E-state index in [-0.39, 0.29) is 6.61 Å². The van der Waals surface area contributed by atoms with Crippen LogP contribution < -0.4 is 15.8 Å². The summed E-state index contributed by atoms with van der Waals surface area (Å²) in [5.74, 6) is 0.940. The third-order valence-corrected chi connectivity index (χ3v) is 5.57. The van der Waals surface area contributed by atoms with Gasteiger partial charge in [-0.3, -0.25) is 0 Å². The van der Waals surface area contributed by atoms with Crippen LogP contribution in [0.3, 0.4) is 0 Å². The number of nitrogen functional groups attached to an aromatic ring is 1. The number of pyridine rings is 1. The molecule has 4 N–H and O–H groups in total. The van der Waals surface area contributed by atoms with Crippen LogP contribution in [0.15, 0.2) is 48.5 Å². The number of carbonyl (C=O) groups is 1. The van der Waals surface area contributed by atoms with Crippen molar-refractivity contribution in [2.24, 2.45) is 0 Å². The van der Waals surface area contributed by atoms with E-state index in [1.165, 1.54) is 0 Å². The Hall–Kier alpha value is -3.69. The van der Waals surface area contributed by atoms with Crippen molar-refractivity contribution in [1.82, 2.24) is 19.9 Å². The Labute approximate surface area is 197 Å². The molecule has 34 heavy (non-hydrogen) atoms. The Morgan fingerprint density at radius 3 is 2.71 bits per heavy atom. The first-order valence-electron chi connectivity index (χ1n) is 11.2. The number of aryl methyl sites for hydroxylation is 1. The van der Waals surface area contributed by atoms with E-state index in [0.717, 1.165) is 52.8 Å². The maximum atomic E-state index is 10.6. The van der Waals surface area contributed by atoms with E-state index < -0.39 is 5.97 Å². The van der Waals surface area contributed by atoms with Gasteiger partial charge in [0.1, 0.15) is 17.1 Å². The Morgan fingerprint density at radius 1 is 1.15 bits per heavy atom. The quantitative estimate of drug-likeness (QED) is 0.274. The summed E-state index contributed by atoms with van der Waals surface area (Å²) in [6, 6.07) is 15.4. The number of rotatable bonds is 12. The van der Waals surface area contributed by atoms with E-state index in [1.54, 1.807) is 19.2 Å². The van der Waals surface area contributed by atoms with Crippen molar-refractivity contribution in [1.29, 1.82) is 0 Å². The zero-order chi connectivity index (χ0) is 23.9. The highest BCUT2D eigenvalue weighted by Gasteiger charge is 2.16. The second kappa shape index (κ2) is 11.0. The Kier molecular flexibility index (Phi) is 7.56. The molecule has 9 nitrogen and oxygen atoms in total. The average Bonchev–Trinajstić information content (AvgIpc) is 3.21. The van der Waals surface area contributed by atoms with Gasteiger partial charge in [-0.2, -0.15) is 0 Å². The SMILES string of the molecule is COCCc1nc2c(N)nc3ccccc3c2n1CCCNCc1ccc(OCC(=O)O)cc1. The first kappa shape index (κ1) is 23.5. The van der Waals surface area contributed by atoms with Crippen LogP contribution in [-0.2, 0) is 29.0 Å². The topological polar surface area (TPSA) is 125 Å². The standard InChI is InChI=1S/C25H29N5O4/c1-33-14-11-21-29-23-24(19-5-2-3-6-20(19)28-25(23)26)30(21)13-4-12-27-15-17-7-9-18(10-8-17)34-16-22(31)32/h2-3,5-10,27H,4,11-16H2,1H3,(H2,26,28)(H,31,32). The van der Waals surface area contributed by atoms with Gasteiger partial charge in [0.15, 0.2) is 12.4 Å². The number of fused-ring (bicyclic) bond motifs is 3. The third kappa shape index (κ3) is 5.44. The van der Waals surface area contributed by atoms with Gasteiger partial charge in [-0.1, -0.05) is 30.3 Å². The number of benzene rings is 2. The molecule has 2 aromatic heterocycles. The number of ether oxygens (including phenoxy) is 2. The number of nitrogens with one attached hydrogen (secondary N) is 1. The molecule has 0 aliphatic rings. The fourth-order valence-electron chi connectivity index (χ4n) is 3.97. The summed E-state index contributed by atoms with van der Waals surface area (Å²) >= 11 is 0. The number of aliphatic carboxylic acids is 1. The van der Waals surface area contributed by atoms with Gasteiger partial charge < -0.3 is 30.2 Å². The Morgan fingerprint density at radius 2 is 1.94 bits per heavy atom. The van der Waals surface area contributed by atoms with Gasteiger partial charge in [0.25, 0.3) is 0 Å². The minimum Gasteiger partial charge on any atom is -0.482 e. The molecule has 0 fully saturated rings. The molecule has 0 bridgehead atoms. The molecule has 0 unspecified atom stereocenters. The number of nitrogens with zero attached hydrogens (tertiary/aromatic N) is 3. The lowest BCUT2D eigenvalue weighted by Gasteiger charge is -2.12. The molecule has 178 valence electrons. The molecule has 4 rings (SSSR count). The lowest BCUT2D eigenvalue weighted by atomic mass is 10.2. The van der Waals surface area contributed by atoms with Crippen molar-refractivity contribution in [3.63, 3.8) is 0 Å². The molecular formula is C25H29N5O4. The smallest absolute Gasteiger partial charge is 0.341 e. The fraction of sp³-hybridized carbons (Fsp3) is 0.320. The van der Waals surface area contributed by atoms with Gasteiger partial charge in [0.2, 0.25) is 0 Å². The zero-order valence-corrected chi connectivity index (χ0v) is 19.2. The van der Waals surface area contributed by atoms with Crippen molar-refractivity contribution in [3.8, 4) is 5.75 Å². The van der Waals surface area contributed by atoms with Crippen molar-refractivity contribution in [3.05, 3.63) is 59.9 Å². The van der Waals surface area contributed by atoms with Crippen molar-refractivity contribution < 1.29 is 19.4 Å². The van der Waals surface area contributed by atoms with Crippen LogP contribution in [-0.4, -0.2) is 52.5 Å². The molecule has 0 amide bonds. The lowest BCUT2D eigenvalue weighted by molar-refractivity contribution is -0.139. The summed E-state index contributed by atoms with van der Waals surface area (Å²) in [6.07, 6.45) is 1.60. The maximum Gasteiger partial charge on any atom is 0.341 e. The van der Waals surface area contributed by atoms with E-state index in [9.17, 15) is 4.79 Å². The van der Waals surface area contributed by atoms with E-state index >= 15 is 0 Å². The third-order valence-electron chi connectivity index (χ3n) is 5.57. The number of anilines is 1. The number of nitrogens with two attached hydrogens (primary N) is 1. The van der Waals surface area contributed by atoms with Crippen molar-refractivity contribution in [2.45, 2.75) is 25.9 Å². The van der Waals surface area contributed by atoms with Gasteiger partial charge >= 0.3 is 5.97 Å². The van der Waals surface area contributed by atoms with Crippen LogP contribution in [0.5, 0.6) is 5.75 Å². The van der Waals surface area contributed by atoms with E-state index in [4.69, 9.17) is 25.3 Å². The van der Waals surface area contributed by atoms with Gasteiger partial charge in [-0.25, -0.2) is 14.8 Å². The normalized spacial score (nSPS) is 11.3.